The van der Waals surface area contributed by atoms with Crippen LogP contribution in [0, 0.1) is 11.3 Å². The number of anilines is 1. The first-order valence-electron chi connectivity index (χ1n) is 7.37. The molecule has 8 nitrogen and oxygen atoms in total. The summed E-state index contributed by atoms with van der Waals surface area (Å²) in [6.07, 6.45) is 1.68. The Kier molecular flexibility index (Phi) is 3.76. The van der Waals surface area contributed by atoms with Crippen molar-refractivity contribution in [1.29, 1.82) is 5.26 Å². The highest BCUT2D eigenvalue weighted by molar-refractivity contribution is 6.31. The van der Waals surface area contributed by atoms with E-state index in [1.54, 1.807) is 18.3 Å². The minimum absolute atomic E-state index is 0.483. The van der Waals surface area contributed by atoms with E-state index in [1.165, 1.54) is 0 Å². The average molecular weight is 351 g/mol. The fraction of sp³-hybridized carbons (Fsp3) is 0.0625. The van der Waals surface area contributed by atoms with Gasteiger partial charge < -0.3 is 5.32 Å². The molecule has 0 spiro atoms. The van der Waals surface area contributed by atoms with E-state index < -0.39 is 6.04 Å². The van der Waals surface area contributed by atoms with Gasteiger partial charge in [0, 0.05) is 27.2 Å². The van der Waals surface area contributed by atoms with E-state index >= 15 is 0 Å². The van der Waals surface area contributed by atoms with Crippen LogP contribution >= 0.6 is 11.6 Å². The Morgan fingerprint density at radius 1 is 1.24 bits per heavy atom. The smallest absolute Gasteiger partial charge is 0.204 e. The van der Waals surface area contributed by atoms with Crippen molar-refractivity contribution in [2.24, 2.45) is 0 Å². The highest BCUT2D eigenvalue weighted by atomic mass is 35.5. The lowest BCUT2D eigenvalue weighted by atomic mass is 10.0. The van der Waals surface area contributed by atoms with Gasteiger partial charge in [0.05, 0.1) is 17.8 Å². The third kappa shape index (κ3) is 2.88. The Hall–Kier alpha value is -3.44. The first-order valence-corrected chi connectivity index (χ1v) is 7.75. The summed E-state index contributed by atoms with van der Waals surface area (Å²) >= 11 is 6.17. The van der Waals surface area contributed by atoms with Crippen LogP contribution in [0.5, 0.6) is 0 Å². The number of aromatic nitrogens is 6. The van der Waals surface area contributed by atoms with Gasteiger partial charge in [-0.2, -0.15) is 15.6 Å². The van der Waals surface area contributed by atoms with Crippen LogP contribution in [0.3, 0.4) is 0 Å². The third-order valence-corrected chi connectivity index (χ3v) is 3.99. The van der Waals surface area contributed by atoms with Crippen molar-refractivity contribution in [3.8, 4) is 17.5 Å². The number of hydrogen-bond acceptors (Lipinski definition) is 6. The summed E-state index contributed by atoms with van der Waals surface area (Å²) in [6, 6.07) is 12.7. The van der Waals surface area contributed by atoms with Gasteiger partial charge in [0.1, 0.15) is 6.04 Å². The van der Waals surface area contributed by atoms with Crippen molar-refractivity contribution in [3.63, 3.8) is 0 Å². The molecule has 25 heavy (non-hydrogen) atoms. The molecule has 9 heteroatoms. The summed E-state index contributed by atoms with van der Waals surface area (Å²) in [7, 11) is 0. The Morgan fingerprint density at radius 3 is 2.96 bits per heavy atom. The van der Waals surface area contributed by atoms with Gasteiger partial charge in [-0.25, -0.2) is 0 Å². The van der Waals surface area contributed by atoms with Gasteiger partial charge in [0.15, 0.2) is 0 Å². The maximum atomic E-state index is 9.66. The van der Waals surface area contributed by atoms with E-state index in [2.05, 4.69) is 42.2 Å². The summed E-state index contributed by atoms with van der Waals surface area (Å²) in [5.41, 5.74) is 3.08. The molecular weight excluding hydrogens is 340 g/mol. The molecule has 4 rings (SSSR count). The fourth-order valence-electron chi connectivity index (χ4n) is 2.66. The molecule has 0 saturated heterocycles. The zero-order valence-electron chi connectivity index (χ0n) is 12.7. The quantitative estimate of drug-likeness (QED) is 0.520. The second kappa shape index (κ2) is 6.22. The van der Waals surface area contributed by atoms with Crippen LogP contribution in [0.4, 0.5) is 5.69 Å². The number of hydrogen-bond donors (Lipinski definition) is 3. The number of fused-ring (bicyclic) bond motifs is 1. The standard InChI is InChI=1S/C16H11ClN8/c17-10-5-12(13-8-19-21-14(13)6-10)15(7-18)20-11-3-1-2-9(4-11)16-22-24-25-23-16/h1-6,8,15,20H,(H,19,21)(H,22,23,24,25)/t15-/m0/s1. The Bertz CT molecular complexity index is 1060. The monoisotopic (exact) mass is 350 g/mol. The summed E-state index contributed by atoms with van der Waals surface area (Å²) in [5, 5.41) is 35.0. The van der Waals surface area contributed by atoms with Crippen LogP contribution in [0.25, 0.3) is 22.3 Å². The molecule has 3 N–H and O–H groups in total. The normalized spacial score (nSPS) is 12.0. The molecule has 0 aliphatic rings. The van der Waals surface area contributed by atoms with Crippen molar-refractivity contribution < 1.29 is 0 Å². The number of nitrogens with zero attached hydrogens (tertiary/aromatic N) is 5. The van der Waals surface area contributed by atoms with E-state index in [0.29, 0.717) is 10.8 Å². The number of halogens is 1. The number of rotatable bonds is 4. The lowest BCUT2D eigenvalue weighted by Crippen LogP contribution is -2.09. The van der Waals surface area contributed by atoms with Gasteiger partial charge in [0.25, 0.3) is 0 Å². The molecule has 4 aromatic rings. The SMILES string of the molecule is N#C[C@H](Nc1cccc(-c2nn[nH]n2)c1)c1cc(Cl)cc2[nH]ncc12. The number of nitrogens with one attached hydrogen (secondary N) is 3. The third-order valence-electron chi connectivity index (χ3n) is 3.77. The average Bonchev–Trinajstić information content (AvgIpc) is 3.30. The number of H-pyrrole nitrogens is 2. The first-order chi connectivity index (χ1) is 12.2. The highest BCUT2D eigenvalue weighted by Crippen LogP contribution is 2.30. The van der Waals surface area contributed by atoms with Gasteiger partial charge in [-0.1, -0.05) is 23.7 Å². The van der Waals surface area contributed by atoms with Crippen LogP contribution in [0.1, 0.15) is 11.6 Å². The van der Waals surface area contributed by atoms with Crippen LogP contribution in [0.15, 0.2) is 42.6 Å². The summed E-state index contributed by atoms with van der Waals surface area (Å²) in [6.45, 7) is 0. The molecule has 1 atom stereocenters. The van der Waals surface area contributed by atoms with Crippen molar-refractivity contribution in [2.45, 2.75) is 6.04 Å². The van der Waals surface area contributed by atoms with Gasteiger partial charge >= 0.3 is 0 Å². The molecule has 2 aromatic heterocycles. The number of benzene rings is 2. The Labute approximate surface area is 146 Å². The number of tetrazole rings is 1. The van der Waals surface area contributed by atoms with Gasteiger partial charge in [-0.3, -0.25) is 5.10 Å². The minimum Gasteiger partial charge on any atom is -0.366 e. The highest BCUT2D eigenvalue weighted by Gasteiger charge is 2.16. The van der Waals surface area contributed by atoms with E-state index in [9.17, 15) is 5.26 Å². The minimum atomic E-state index is -0.598. The zero-order valence-corrected chi connectivity index (χ0v) is 13.5. The van der Waals surface area contributed by atoms with E-state index in [-0.39, 0.29) is 0 Å². The predicted octanol–water partition coefficient (Wildman–Crippen LogP) is 3.07. The molecular formula is C16H11ClN8. The molecule has 0 bridgehead atoms. The molecule has 0 unspecified atom stereocenters. The van der Waals surface area contributed by atoms with E-state index in [1.807, 2.05) is 24.3 Å². The molecule has 122 valence electrons. The largest absolute Gasteiger partial charge is 0.366 e. The fourth-order valence-corrected chi connectivity index (χ4v) is 2.89. The van der Waals surface area contributed by atoms with Crippen LogP contribution in [-0.4, -0.2) is 30.8 Å². The maximum Gasteiger partial charge on any atom is 0.204 e. The molecule has 0 aliphatic carbocycles. The molecule has 0 aliphatic heterocycles. The zero-order chi connectivity index (χ0) is 17.2. The Balaban J connectivity index is 1.70. The molecule has 2 heterocycles. The van der Waals surface area contributed by atoms with Gasteiger partial charge in [-0.15, -0.1) is 10.2 Å². The van der Waals surface area contributed by atoms with E-state index in [4.69, 9.17) is 11.6 Å². The summed E-state index contributed by atoms with van der Waals surface area (Å²) < 4.78 is 0. The first kappa shape index (κ1) is 15.1. The summed E-state index contributed by atoms with van der Waals surface area (Å²) in [4.78, 5) is 0. The molecule has 0 amide bonds. The van der Waals surface area contributed by atoms with Crippen molar-refractivity contribution in [1.82, 2.24) is 30.8 Å². The molecule has 2 aromatic carbocycles. The second-order valence-electron chi connectivity index (χ2n) is 5.35. The Morgan fingerprint density at radius 2 is 2.16 bits per heavy atom. The lowest BCUT2D eigenvalue weighted by molar-refractivity contribution is 0.881. The summed E-state index contributed by atoms with van der Waals surface area (Å²) in [5.74, 6) is 0.483. The van der Waals surface area contributed by atoms with Crippen LogP contribution < -0.4 is 5.32 Å². The van der Waals surface area contributed by atoms with Gasteiger partial charge in [-0.05, 0) is 29.5 Å². The topological polar surface area (TPSA) is 119 Å². The van der Waals surface area contributed by atoms with Gasteiger partial charge in [0.2, 0.25) is 5.82 Å². The van der Waals surface area contributed by atoms with Crippen molar-refractivity contribution in [2.75, 3.05) is 5.32 Å². The predicted molar refractivity (Wildman–Crippen MR) is 92.7 cm³/mol. The maximum absolute atomic E-state index is 9.66. The number of aromatic amines is 2. The second-order valence-corrected chi connectivity index (χ2v) is 5.79. The van der Waals surface area contributed by atoms with Crippen molar-refractivity contribution in [3.05, 3.63) is 53.2 Å². The molecule has 0 fully saturated rings. The molecule has 0 radical (unpaired) electrons. The van der Waals surface area contributed by atoms with Crippen LogP contribution in [0.2, 0.25) is 5.02 Å². The lowest BCUT2D eigenvalue weighted by Gasteiger charge is -2.15. The van der Waals surface area contributed by atoms with Crippen molar-refractivity contribution >= 4 is 28.2 Å². The molecule has 0 saturated carbocycles. The van der Waals surface area contributed by atoms with E-state index in [0.717, 1.165) is 27.7 Å². The number of nitriles is 1. The van der Waals surface area contributed by atoms with Crippen LogP contribution in [-0.2, 0) is 0 Å².